The largest absolute Gasteiger partial charge is 0.478 e. The van der Waals surface area contributed by atoms with Gasteiger partial charge >= 0.3 is 0 Å². The molecule has 0 spiro atoms. The average molecular weight is 363 g/mol. The number of aromatic nitrogens is 2. The number of piperidine rings is 1. The first-order valence-electron chi connectivity index (χ1n) is 8.30. The highest BCUT2D eigenvalue weighted by Crippen LogP contribution is 2.27. The van der Waals surface area contributed by atoms with Crippen molar-refractivity contribution in [3.63, 3.8) is 0 Å². The van der Waals surface area contributed by atoms with Gasteiger partial charge in [-0.2, -0.15) is 4.98 Å². The molecule has 134 valence electrons. The number of amides is 2. The Kier molecular flexibility index (Phi) is 5.54. The molecule has 2 aliphatic heterocycles. The van der Waals surface area contributed by atoms with Crippen LogP contribution in [0.3, 0.4) is 0 Å². The molecule has 3 heterocycles. The van der Waals surface area contributed by atoms with E-state index in [1.54, 1.807) is 12.1 Å². The Balaban J connectivity index is 1.86. The number of thioether (sulfide) groups is 1. The maximum Gasteiger partial charge on any atom is 0.290 e. The van der Waals surface area contributed by atoms with Gasteiger partial charge in [-0.25, -0.2) is 4.98 Å². The molecule has 0 radical (unpaired) electrons. The molecule has 1 aromatic rings. The number of carbonyl (C=O) groups excluding carboxylic acids is 2. The molecule has 25 heavy (non-hydrogen) atoms. The summed E-state index contributed by atoms with van der Waals surface area (Å²) in [7, 11) is 0. The second-order valence-electron chi connectivity index (χ2n) is 5.88. The van der Waals surface area contributed by atoms with Crippen molar-refractivity contribution >= 4 is 34.9 Å². The molecule has 2 amide bonds. The summed E-state index contributed by atoms with van der Waals surface area (Å²) >= 11 is 0.865. The molecule has 2 saturated heterocycles. The Morgan fingerprint density at radius 1 is 1.40 bits per heavy atom. The van der Waals surface area contributed by atoms with Gasteiger partial charge in [-0.1, -0.05) is 0 Å². The van der Waals surface area contributed by atoms with Gasteiger partial charge in [0, 0.05) is 19.2 Å². The number of hydrogen-bond donors (Lipinski definition) is 2. The summed E-state index contributed by atoms with van der Waals surface area (Å²) in [6, 6.07) is 1.67. The number of nitrogens with two attached hydrogens (primary N) is 1. The lowest BCUT2D eigenvalue weighted by molar-refractivity contribution is -0.115. The van der Waals surface area contributed by atoms with E-state index in [0.29, 0.717) is 41.5 Å². The molecule has 3 N–H and O–H groups in total. The van der Waals surface area contributed by atoms with E-state index < -0.39 is 5.91 Å². The second-order valence-corrected chi connectivity index (χ2v) is 6.90. The average Bonchev–Trinajstić information content (AvgIpc) is 2.92. The van der Waals surface area contributed by atoms with Gasteiger partial charge in [-0.3, -0.25) is 14.9 Å². The molecule has 1 aromatic heterocycles. The van der Waals surface area contributed by atoms with Crippen LogP contribution in [0.1, 0.15) is 25.5 Å². The number of rotatable bonds is 5. The smallest absolute Gasteiger partial charge is 0.290 e. The number of nitrogens with one attached hydrogen (secondary N) is 1. The first kappa shape index (κ1) is 17.7. The normalized spacial score (nSPS) is 20.2. The minimum atomic E-state index is -0.406. The summed E-state index contributed by atoms with van der Waals surface area (Å²) in [5.74, 6) is 1.16. The highest BCUT2D eigenvalue weighted by Gasteiger charge is 2.26. The van der Waals surface area contributed by atoms with Gasteiger partial charge < -0.3 is 15.4 Å². The Labute approximate surface area is 150 Å². The van der Waals surface area contributed by atoms with Crippen LogP contribution >= 0.6 is 11.8 Å². The molecule has 0 atom stereocenters. The zero-order chi connectivity index (χ0) is 17.8. The Hall–Kier alpha value is -2.13. The lowest BCUT2D eigenvalue weighted by atomic mass is 9.97. The van der Waals surface area contributed by atoms with Crippen LogP contribution in [0.25, 0.3) is 6.08 Å². The predicted molar refractivity (Wildman–Crippen MR) is 96.3 cm³/mol. The molecular weight excluding hydrogens is 342 g/mol. The minimum absolute atomic E-state index is 0.318. The predicted octanol–water partition coefficient (Wildman–Crippen LogP) is 1.37. The van der Waals surface area contributed by atoms with Crippen LogP contribution in [0.5, 0.6) is 5.88 Å². The van der Waals surface area contributed by atoms with Crippen molar-refractivity contribution in [2.24, 2.45) is 11.7 Å². The van der Waals surface area contributed by atoms with Crippen molar-refractivity contribution in [3.8, 4) is 5.88 Å². The summed E-state index contributed by atoms with van der Waals surface area (Å²) in [4.78, 5) is 34.5. The van der Waals surface area contributed by atoms with E-state index in [9.17, 15) is 9.59 Å². The summed E-state index contributed by atoms with van der Waals surface area (Å²) in [5, 5.41) is 1.86. The van der Waals surface area contributed by atoms with E-state index in [1.807, 2.05) is 6.92 Å². The maximum absolute atomic E-state index is 11.7. The lowest BCUT2D eigenvalue weighted by Gasteiger charge is -2.31. The van der Waals surface area contributed by atoms with Gasteiger partial charge in [0.15, 0.2) is 0 Å². The van der Waals surface area contributed by atoms with E-state index in [-0.39, 0.29) is 5.24 Å². The highest BCUT2D eigenvalue weighted by atomic mass is 32.2. The third-order valence-corrected chi connectivity index (χ3v) is 4.97. The highest BCUT2D eigenvalue weighted by molar-refractivity contribution is 8.18. The maximum atomic E-state index is 11.7. The van der Waals surface area contributed by atoms with Crippen molar-refractivity contribution in [2.75, 3.05) is 31.1 Å². The molecule has 2 aliphatic rings. The number of ether oxygens (including phenoxy) is 1. The third-order valence-electron chi connectivity index (χ3n) is 4.15. The summed E-state index contributed by atoms with van der Waals surface area (Å²) < 4.78 is 5.53. The fourth-order valence-electron chi connectivity index (χ4n) is 2.79. The molecule has 0 aliphatic carbocycles. The van der Waals surface area contributed by atoms with Crippen molar-refractivity contribution in [2.45, 2.75) is 19.8 Å². The topological polar surface area (TPSA) is 110 Å². The molecule has 2 fully saturated rings. The monoisotopic (exact) mass is 363 g/mol. The molecule has 0 unspecified atom stereocenters. The van der Waals surface area contributed by atoms with Crippen LogP contribution in [0.4, 0.5) is 10.7 Å². The fourth-order valence-corrected chi connectivity index (χ4v) is 3.46. The van der Waals surface area contributed by atoms with Crippen molar-refractivity contribution in [1.29, 1.82) is 0 Å². The van der Waals surface area contributed by atoms with E-state index in [2.05, 4.69) is 20.2 Å². The van der Waals surface area contributed by atoms with Gasteiger partial charge in [0.2, 0.25) is 11.8 Å². The zero-order valence-corrected chi connectivity index (χ0v) is 14.8. The first-order valence-corrected chi connectivity index (χ1v) is 9.12. The van der Waals surface area contributed by atoms with E-state index in [4.69, 9.17) is 10.5 Å². The van der Waals surface area contributed by atoms with Crippen molar-refractivity contribution in [3.05, 3.63) is 16.7 Å². The molecule has 3 rings (SSSR count). The van der Waals surface area contributed by atoms with Gasteiger partial charge in [0.1, 0.15) is 0 Å². The van der Waals surface area contributed by atoms with Gasteiger partial charge in [0.05, 0.1) is 17.2 Å². The van der Waals surface area contributed by atoms with Crippen LogP contribution in [-0.4, -0.2) is 47.4 Å². The molecule has 0 bridgehead atoms. The van der Waals surface area contributed by atoms with Crippen LogP contribution in [0, 0.1) is 5.92 Å². The number of hydrogen-bond acceptors (Lipinski definition) is 8. The summed E-state index contributed by atoms with van der Waals surface area (Å²) in [5.41, 5.74) is 6.29. The molecule has 0 saturated carbocycles. The minimum Gasteiger partial charge on any atom is -0.478 e. The molecule has 8 nitrogen and oxygen atoms in total. The fraction of sp³-hybridized carbons (Fsp3) is 0.500. The zero-order valence-electron chi connectivity index (χ0n) is 14.0. The van der Waals surface area contributed by atoms with Crippen LogP contribution in [-0.2, 0) is 4.79 Å². The number of anilines is 1. The van der Waals surface area contributed by atoms with E-state index in [0.717, 1.165) is 37.7 Å². The lowest BCUT2D eigenvalue weighted by Crippen LogP contribution is -2.37. The third kappa shape index (κ3) is 4.29. The quantitative estimate of drug-likeness (QED) is 0.755. The SMILES string of the molecule is CCOc1cc(/C=C2\SC(=O)NC2=O)nc(N2CCC(CN)CC2)n1. The second kappa shape index (κ2) is 7.83. The van der Waals surface area contributed by atoms with Crippen molar-refractivity contribution < 1.29 is 14.3 Å². The molecule has 9 heteroatoms. The van der Waals surface area contributed by atoms with Crippen LogP contribution in [0.2, 0.25) is 0 Å². The molecular formula is C16H21N5O3S. The Morgan fingerprint density at radius 2 is 2.16 bits per heavy atom. The number of nitrogens with zero attached hydrogens (tertiary/aromatic N) is 3. The van der Waals surface area contributed by atoms with Crippen molar-refractivity contribution in [1.82, 2.24) is 15.3 Å². The van der Waals surface area contributed by atoms with Gasteiger partial charge in [-0.15, -0.1) is 0 Å². The van der Waals surface area contributed by atoms with E-state index in [1.165, 1.54) is 0 Å². The van der Waals surface area contributed by atoms with Crippen LogP contribution in [0.15, 0.2) is 11.0 Å². The Bertz CT molecular complexity index is 701. The molecule has 0 aromatic carbocycles. The standard InChI is InChI=1S/C16H21N5O3S/c1-2-24-13-8-11(7-12-14(22)20-16(23)25-12)18-15(19-13)21-5-3-10(9-17)4-6-21/h7-8,10H,2-6,9,17H2,1H3,(H,20,22,23)/b12-7-. The van der Waals surface area contributed by atoms with E-state index >= 15 is 0 Å². The Morgan fingerprint density at radius 3 is 2.76 bits per heavy atom. The summed E-state index contributed by atoms with van der Waals surface area (Å²) in [6.07, 6.45) is 3.59. The number of imide groups is 1. The van der Waals surface area contributed by atoms with Gasteiger partial charge in [-0.05, 0) is 50.1 Å². The van der Waals surface area contributed by atoms with Crippen LogP contribution < -0.4 is 20.7 Å². The summed E-state index contributed by atoms with van der Waals surface area (Å²) in [6.45, 7) is 4.73. The first-order chi connectivity index (χ1) is 12.1. The van der Waals surface area contributed by atoms with Gasteiger partial charge in [0.25, 0.3) is 11.1 Å². The number of carbonyl (C=O) groups is 2.